The third-order valence-electron chi connectivity index (χ3n) is 4.90. The number of nitrogens with zero attached hydrogens (tertiary/aromatic N) is 3. The fourth-order valence-electron chi connectivity index (χ4n) is 3.12. The first-order chi connectivity index (χ1) is 14.9. The van der Waals surface area contributed by atoms with Crippen LogP contribution in [0.15, 0.2) is 57.9 Å². The maximum atomic E-state index is 12.7. The van der Waals surface area contributed by atoms with Crippen molar-refractivity contribution in [1.82, 2.24) is 19.8 Å². The highest BCUT2D eigenvalue weighted by Gasteiger charge is 2.26. The minimum atomic E-state index is -3.60. The molecular weight excluding hydrogens is 420 g/mol. The van der Waals surface area contributed by atoms with E-state index in [4.69, 9.17) is 9.26 Å². The smallest absolute Gasteiger partial charge is 0.251 e. The van der Waals surface area contributed by atoms with E-state index in [0.717, 1.165) is 11.1 Å². The SMILES string of the molecule is Cc1ccc(-c2noc(CNC(=O)c3ccc(S(=O)(=O)N4CCOCC4)cc3)n2)cc1. The zero-order chi connectivity index (χ0) is 21.8. The third kappa shape index (κ3) is 4.82. The summed E-state index contributed by atoms with van der Waals surface area (Å²) in [6.45, 7) is 3.44. The second-order valence-electron chi connectivity index (χ2n) is 7.10. The summed E-state index contributed by atoms with van der Waals surface area (Å²) in [6.07, 6.45) is 0. The van der Waals surface area contributed by atoms with Gasteiger partial charge in [0.15, 0.2) is 0 Å². The van der Waals surface area contributed by atoms with Crippen LogP contribution in [0.1, 0.15) is 21.8 Å². The van der Waals surface area contributed by atoms with Crippen LogP contribution < -0.4 is 5.32 Å². The van der Waals surface area contributed by atoms with E-state index >= 15 is 0 Å². The molecule has 1 fully saturated rings. The number of nitrogens with one attached hydrogen (secondary N) is 1. The zero-order valence-corrected chi connectivity index (χ0v) is 17.8. The predicted molar refractivity (Wildman–Crippen MR) is 112 cm³/mol. The Labute approximate surface area is 180 Å². The van der Waals surface area contributed by atoms with Gasteiger partial charge in [-0.2, -0.15) is 9.29 Å². The molecule has 0 bridgehead atoms. The lowest BCUT2D eigenvalue weighted by Gasteiger charge is -2.26. The van der Waals surface area contributed by atoms with Gasteiger partial charge >= 0.3 is 0 Å². The van der Waals surface area contributed by atoms with Crippen LogP contribution >= 0.6 is 0 Å². The summed E-state index contributed by atoms with van der Waals surface area (Å²) in [5.41, 5.74) is 2.28. The van der Waals surface area contributed by atoms with Crippen molar-refractivity contribution < 1.29 is 22.5 Å². The Morgan fingerprint density at radius 3 is 2.42 bits per heavy atom. The van der Waals surface area contributed by atoms with Crippen LogP contribution in [0.5, 0.6) is 0 Å². The number of hydrogen-bond donors (Lipinski definition) is 1. The van der Waals surface area contributed by atoms with Crippen LogP contribution in [0.25, 0.3) is 11.4 Å². The maximum Gasteiger partial charge on any atom is 0.251 e. The van der Waals surface area contributed by atoms with Crippen molar-refractivity contribution in [1.29, 1.82) is 0 Å². The molecule has 0 aliphatic carbocycles. The highest BCUT2D eigenvalue weighted by Crippen LogP contribution is 2.18. The summed E-state index contributed by atoms with van der Waals surface area (Å²) in [4.78, 5) is 16.8. The van der Waals surface area contributed by atoms with Crippen LogP contribution in [-0.4, -0.2) is 55.1 Å². The van der Waals surface area contributed by atoms with Gasteiger partial charge in [-0.15, -0.1) is 0 Å². The average Bonchev–Trinajstić information content (AvgIpc) is 3.28. The van der Waals surface area contributed by atoms with E-state index in [-0.39, 0.29) is 23.2 Å². The summed E-state index contributed by atoms with van der Waals surface area (Å²) >= 11 is 0. The molecule has 1 amide bonds. The van der Waals surface area contributed by atoms with E-state index in [2.05, 4.69) is 15.5 Å². The first kappa shape index (κ1) is 21.2. The summed E-state index contributed by atoms with van der Waals surface area (Å²) < 4.78 is 37.1. The molecule has 1 aliphatic heterocycles. The number of ether oxygens (including phenoxy) is 1. The minimum Gasteiger partial charge on any atom is -0.379 e. The fraction of sp³-hybridized carbons (Fsp3) is 0.286. The number of aryl methyl sites for hydroxylation is 1. The molecule has 10 heteroatoms. The standard InChI is InChI=1S/C21H22N4O5S/c1-15-2-4-16(5-3-15)20-23-19(30-24-20)14-22-21(26)17-6-8-18(9-7-17)31(27,28)25-10-12-29-13-11-25/h2-9H,10-14H2,1H3,(H,22,26). The highest BCUT2D eigenvalue weighted by molar-refractivity contribution is 7.89. The predicted octanol–water partition coefficient (Wildman–Crippen LogP) is 2.00. The largest absolute Gasteiger partial charge is 0.379 e. The molecule has 2 heterocycles. The Kier molecular flexibility index (Phi) is 6.12. The molecule has 1 aliphatic rings. The van der Waals surface area contributed by atoms with E-state index < -0.39 is 10.0 Å². The first-order valence-corrected chi connectivity index (χ1v) is 11.2. The van der Waals surface area contributed by atoms with Gasteiger partial charge in [-0.3, -0.25) is 4.79 Å². The Hall–Kier alpha value is -3.08. The topological polar surface area (TPSA) is 115 Å². The van der Waals surface area contributed by atoms with Crippen LogP contribution in [0, 0.1) is 6.92 Å². The number of carbonyl (C=O) groups excluding carboxylic acids is 1. The van der Waals surface area contributed by atoms with Crippen molar-refractivity contribution >= 4 is 15.9 Å². The molecule has 1 saturated heterocycles. The molecule has 0 saturated carbocycles. The number of benzene rings is 2. The Morgan fingerprint density at radius 2 is 1.74 bits per heavy atom. The lowest BCUT2D eigenvalue weighted by Crippen LogP contribution is -2.40. The number of morpholine rings is 1. The molecule has 0 spiro atoms. The van der Waals surface area contributed by atoms with Crippen molar-refractivity contribution in [3.63, 3.8) is 0 Å². The van der Waals surface area contributed by atoms with E-state index in [1.54, 1.807) is 0 Å². The quantitative estimate of drug-likeness (QED) is 0.621. The second-order valence-corrected chi connectivity index (χ2v) is 9.04. The molecule has 0 atom stereocenters. The van der Waals surface area contributed by atoms with Crippen molar-refractivity contribution in [2.75, 3.05) is 26.3 Å². The summed E-state index contributed by atoms with van der Waals surface area (Å²) in [5.74, 6) is 0.350. The molecule has 0 unspecified atom stereocenters. The lowest BCUT2D eigenvalue weighted by molar-refractivity contribution is 0.0730. The average molecular weight is 442 g/mol. The van der Waals surface area contributed by atoms with Crippen LogP contribution in [0.2, 0.25) is 0 Å². The van der Waals surface area contributed by atoms with Gasteiger partial charge in [0.1, 0.15) is 0 Å². The van der Waals surface area contributed by atoms with Crippen LogP contribution in [0.3, 0.4) is 0 Å². The molecule has 162 valence electrons. The summed E-state index contributed by atoms with van der Waals surface area (Å²) in [5, 5.41) is 6.63. The molecule has 1 N–H and O–H groups in total. The maximum absolute atomic E-state index is 12.7. The number of amides is 1. The van der Waals surface area contributed by atoms with E-state index in [0.29, 0.717) is 37.7 Å². The molecule has 9 nitrogen and oxygen atoms in total. The molecule has 0 radical (unpaired) electrons. The molecule has 1 aromatic heterocycles. The zero-order valence-electron chi connectivity index (χ0n) is 16.9. The van der Waals surface area contributed by atoms with Crippen molar-refractivity contribution in [2.24, 2.45) is 0 Å². The van der Waals surface area contributed by atoms with Crippen LogP contribution in [-0.2, 0) is 21.3 Å². The Bertz CT molecular complexity index is 1150. The van der Waals surface area contributed by atoms with E-state index in [1.807, 2.05) is 31.2 Å². The monoisotopic (exact) mass is 442 g/mol. The number of carbonyl (C=O) groups is 1. The van der Waals surface area contributed by atoms with Crippen molar-refractivity contribution in [3.05, 3.63) is 65.5 Å². The minimum absolute atomic E-state index is 0.0610. The van der Waals surface area contributed by atoms with Gasteiger partial charge in [0, 0.05) is 24.2 Å². The molecule has 4 rings (SSSR count). The van der Waals surface area contributed by atoms with Gasteiger partial charge in [-0.25, -0.2) is 8.42 Å². The van der Waals surface area contributed by atoms with Crippen molar-refractivity contribution in [3.8, 4) is 11.4 Å². The summed E-state index contributed by atoms with van der Waals surface area (Å²) in [6, 6.07) is 13.5. The van der Waals surface area contributed by atoms with Crippen molar-refractivity contribution in [2.45, 2.75) is 18.4 Å². The number of aromatic nitrogens is 2. The van der Waals surface area contributed by atoms with Gasteiger partial charge in [-0.1, -0.05) is 35.0 Å². The summed E-state index contributed by atoms with van der Waals surface area (Å²) in [7, 11) is -3.60. The molecule has 2 aromatic carbocycles. The Morgan fingerprint density at radius 1 is 1.06 bits per heavy atom. The molecule has 31 heavy (non-hydrogen) atoms. The number of hydrogen-bond acceptors (Lipinski definition) is 7. The fourth-order valence-corrected chi connectivity index (χ4v) is 4.53. The number of rotatable bonds is 6. The first-order valence-electron chi connectivity index (χ1n) is 9.79. The van der Waals surface area contributed by atoms with E-state index in [9.17, 15) is 13.2 Å². The van der Waals surface area contributed by atoms with Gasteiger partial charge in [0.2, 0.25) is 21.7 Å². The van der Waals surface area contributed by atoms with Gasteiger partial charge in [0.25, 0.3) is 5.91 Å². The normalized spacial score (nSPS) is 15.0. The van der Waals surface area contributed by atoms with Gasteiger partial charge in [0.05, 0.1) is 24.7 Å². The molecule has 3 aromatic rings. The third-order valence-corrected chi connectivity index (χ3v) is 6.82. The highest BCUT2D eigenvalue weighted by atomic mass is 32.2. The number of sulfonamides is 1. The Balaban J connectivity index is 1.37. The van der Waals surface area contributed by atoms with Gasteiger partial charge < -0.3 is 14.6 Å². The second kappa shape index (κ2) is 8.96. The lowest BCUT2D eigenvalue weighted by atomic mass is 10.1. The van der Waals surface area contributed by atoms with Crippen LogP contribution in [0.4, 0.5) is 0 Å². The molecular formula is C21H22N4O5S. The van der Waals surface area contributed by atoms with E-state index in [1.165, 1.54) is 28.6 Å². The van der Waals surface area contributed by atoms with Gasteiger partial charge in [-0.05, 0) is 31.2 Å².